The Morgan fingerprint density at radius 3 is 1.83 bits per heavy atom. The molecule has 0 radical (unpaired) electrons. The van der Waals surface area contributed by atoms with E-state index in [1.165, 1.54) is 0 Å². The first-order valence-electron chi connectivity index (χ1n) is 1.70. The van der Waals surface area contributed by atoms with Gasteiger partial charge in [0.1, 0.15) is 0 Å². The van der Waals surface area contributed by atoms with Gasteiger partial charge in [0.2, 0.25) is 0 Å². The van der Waals surface area contributed by atoms with Crippen molar-refractivity contribution < 1.29 is 0 Å². The summed E-state index contributed by atoms with van der Waals surface area (Å²) >= 11 is 0. The highest BCUT2D eigenvalue weighted by Gasteiger charge is 2.13. The van der Waals surface area contributed by atoms with Crippen LogP contribution in [0.1, 0.15) is 13.8 Å². The van der Waals surface area contributed by atoms with Crippen molar-refractivity contribution in [2.45, 2.75) is 13.8 Å². The number of hydrogen-bond donors (Lipinski definition) is 0. The standard InChI is InChI=1S/C3H6S3/c1-3(2)6-4-5-6/h1-2H3. The summed E-state index contributed by atoms with van der Waals surface area (Å²) in [5.74, 6) is 0. The molecule has 36 valence electrons. The molecule has 6 heavy (non-hydrogen) atoms. The molecule has 1 fully saturated rings. The third kappa shape index (κ3) is 1.21. The average molecular weight is 138 g/mol. The average Bonchev–Trinajstić information content (AvgIpc) is 2.06. The lowest BCUT2D eigenvalue weighted by Gasteiger charge is -1.73. The quantitative estimate of drug-likeness (QED) is 0.287. The van der Waals surface area contributed by atoms with E-state index in [9.17, 15) is 0 Å². The van der Waals surface area contributed by atoms with Crippen LogP contribution in [-0.2, 0) is 0 Å². The Hall–Kier alpha value is 0.920. The van der Waals surface area contributed by atoms with E-state index in [4.69, 9.17) is 0 Å². The molecule has 1 aliphatic heterocycles. The van der Waals surface area contributed by atoms with Crippen molar-refractivity contribution in [1.82, 2.24) is 0 Å². The maximum absolute atomic E-state index is 2.19. The lowest BCUT2D eigenvalue weighted by Crippen LogP contribution is -1.67. The fourth-order valence-electron chi connectivity index (χ4n) is 0.150. The molecule has 1 saturated heterocycles. The summed E-state index contributed by atoms with van der Waals surface area (Å²) < 4.78 is 0. The maximum Gasteiger partial charge on any atom is -0.00797 e. The second-order valence-corrected chi connectivity index (χ2v) is 8.74. The van der Waals surface area contributed by atoms with Gasteiger partial charge in [0.05, 0.1) is 0 Å². The van der Waals surface area contributed by atoms with Crippen LogP contribution in [-0.4, -0.2) is 4.86 Å². The Morgan fingerprint density at radius 2 is 1.83 bits per heavy atom. The minimum absolute atomic E-state index is 0.633. The van der Waals surface area contributed by atoms with E-state index in [1.807, 2.05) is 19.7 Å². The Labute approximate surface area is 47.2 Å². The molecule has 0 spiro atoms. The summed E-state index contributed by atoms with van der Waals surface area (Å²) in [7, 11) is 4.60. The van der Waals surface area contributed by atoms with E-state index in [0.717, 1.165) is 0 Å². The van der Waals surface area contributed by atoms with E-state index in [-0.39, 0.29) is 0 Å². The van der Waals surface area contributed by atoms with E-state index in [2.05, 4.69) is 13.8 Å². The molecule has 0 bridgehead atoms. The first-order chi connectivity index (χ1) is 2.80. The molecule has 3 heteroatoms. The van der Waals surface area contributed by atoms with Crippen LogP contribution in [0, 0.1) is 0 Å². The van der Waals surface area contributed by atoms with Gasteiger partial charge in [-0.15, -0.1) is 0 Å². The van der Waals surface area contributed by atoms with Crippen LogP contribution in [0.4, 0.5) is 0 Å². The highest BCUT2D eigenvalue weighted by Crippen LogP contribution is 2.73. The third-order valence-electron chi connectivity index (χ3n) is 0.469. The van der Waals surface area contributed by atoms with Gasteiger partial charge in [-0.2, -0.15) is 0 Å². The molecule has 0 N–H and O–H groups in total. The van der Waals surface area contributed by atoms with Crippen molar-refractivity contribution in [3.8, 4) is 0 Å². The van der Waals surface area contributed by atoms with Gasteiger partial charge in [0.25, 0.3) is 0 Å². The smallest absolute Gasteiger partial charge is 0.00797 e. The lowest BCUT2D eigenvalue weighted by molar-refractivity contribution is 1.85. The van der Waals surface area contributed by atoms with Gasteiger partial charge in [-0.05, 0) is 46.9 Å². The van der Waals surface area contributed by atoms with E-state index in [0.29, 0.717) is 8.55 Å². The molecule has 0 aliphatic carbocycles. The highest BCUT2D eigenvalue weighted by molar-refractivity contribution is 9.63. The van der Waals surface area contributed by atoms with Gasteiger partial charge < -0.3 is 0 Å². The summed E-state index contributed by atoms with van der Waals surface area (Å²) in [5, 5.41) is 0. The van der Waals surface area contributed by atoms with Gasteiger partial charge in [0, 0.05) is 0 Å². The van der Waals surface area contributed by atoms with E-state index < -0.39 is 0 Å². The summed E-state index contributed by atoms with van der Waals surface area (Å²) in [6.45, 7) is 4.38. The largest absolute Gasteiger partial charge is 0.0479 e. The Balaban J connectivity index is 2.61. The van der Waals surface area contributed by atoms with Crippen LogP contribution in [0.5, 0.6) is 0 Å². The molecule has 0 nitrogen and oxygen atoms in total. The van der Waals surface area contributed by atoms with Crippen LogP contribution in [0.25, 0.3) is 0 Å². The summed E-state index contributed by atoms with van der Waals surface area (Å²) in [4.78, 5) is 1.57. The van der Waals surface area contributed by atoms with Gasteiger partial charge in [-0.1, -0.05) is 0 Å². The fraction of sp³-hybridized carbons (Fsp3) is 0.667. The van der Waals surface area contributed by atoms with Gasteiger partial charge in [-0.25, -0.2) is 0 Å². The van der Waals surface area contributed by atoms with Crippen molar-refractivity contribution in [2.75, 3.05) is 0 Å². The predicted octanol–water partition coefficient (Wildman–Crippen LogP) is 2.69. The first kappa shape index (κ1) is 5.06. The zero-order valence-electron chi connectivity index (χ0n) is 3.72. The normalized spacial score (nSPS) is 21.0. The van der Waals surface area contributed by atoms with Crippen LogP contribution in [0.3, 0.4) is 0 Å². The molecule has 0 atom stereocenters. The van der Waals surface area contributed by atoms with Crippen molar-refractivity contribution >= 4 is 33.1 Å². The second-order valence-electron chi connectivity index (χ2n) is 1.28. The van der Waals surface area contributed by atoms with Crippen LogP contribution in [0.15, 0.2) is 0 Å². The SMILES string of the molecule is CC(C)=S1SS1. The zero-order chi connectivity index (χ0) is 4.57. The molecule has 0 aromatic rings. The van der Waals surface area contributed by atoms with E-state index in [1.54, 1.807) is 4.86 Å². The summed E-state index contributed by atoms with van der Waals surface area (Å²) in [6, 6.07) is 0. The molecule has 0 amide bonds. The molecule has 1 rings (SSSR count). The summed E-state index contributed by atoms with van der Waals surface area (Å²) in [5.41, 5.74) is 0. The van der Waals surface area contributed by atoms with Gasteiger partial charge in [-0.3, -0.25) is 0 Å². The molecule has 1 aliphatic rings. The molecule has 1 heterocycles. The Morgan fingerprint density at radius 1 is 1.33 bits per heavy atom. The number of rotatable bonds is 0. The number of hydrogen-bond acceptors (Lipinski definition) is 2. The Bertz CT molecular complexity index is 84.2. The molecular weight excluding hydrogens is 132 g/mol. The first-order valence-corrected chi connectivity index (χ1v) is 6.11. The van der Waals surface area contributed by atoms with Crippen LogP contribution >= 0.6 is 28.2 Å². The molecular formula is C3H6S3. The van der Waals surface area contributed by atoms with Gasteiger partial charge in [0.15, 0.2) is 0 Å². The summed E-state index contributed by atoms with van der Waals surface area (Å²) in [6.07, 6.45) is 0. The van der Waals surface area contributed by atoms with Crippen LogP contribution < -0.4 is 0 Å². The van der Waals surface area contributed by atoms with Crippen LogP contribution in [0.2, 0.25) is 0 Å². The molecule has 0 aromatic heterocycles. The minimum atomic E-state index is 0.633. The van der Waals surface area contributed by atoms with Crippen molar-refractivity contribution in [3.63, 3.8) is 0 Å². The van der Waals surface area contributed by atoms with Crippen molar-refractivity contribution in [3.05, 3.63) is 0 Å². The molecule has 0 aromatic carbocycles. The van der Waals surface area contributed by atoms with Crippen molar-refractivity contribution in [2.24, 2.45) is 0 Å². The monoisotopic (exact) mass is 138 g/mol. The molecule has 0 unspecified atom stereocenters. The Kier molecular flexibility index (Phi) is 1.52. The van der Waals surface area contributed by atoms with E-state index >= 15 is 0 Å². The topological polar surface area (TPSA) is 0 Å². The fourth-order valence-corrected chi connectivity index (χ4v) is 4.80. The molecule has 0 saturated carbocycles. The predicted molar refractivity (Wildman–Crippen MR) is 39.1 cm³/mol. The lowest BCUT2D eigenvalue weighted by atomic mass is 10.6. The van der Waals surface area contributed by atoms with Gasteiger partial charge >= 0.3 is 0 Å². The third-order valence-corrected chi connectivity index (χ3v) is 6.67. The second kappa shape index (κ2) is 1.80. The maximum atomic E-state index is 2.19. The highest BCUT2D eigenvalue weighted by atomic mass is 34.1. The zero-order valence-corrected chi connectivity index (χ0v) is 6.17. The van der Waals surface area contributed by atoms with Crippen molar-refractivity contribution in [1.29, 1.82) is 0 Å². The minimum Gasteiger partial charge on any atom is -0.0479 e.